The Morgan fingerprint density at radius 3 is 2.38 bits per heavy atom. The average molecular weight is 309 g/mol. The van der Waals surface area contributed by atoms with Crippen molar-refractivity contribution in [2.24, 2.45) is 5.92 Å². The summed E-state index contributed by atoms with van der Waals surface area (Å²) in [7, 11) is 0. The highest BCUT2D eigenvalue weighted by molar-refractivity contribution is 5.97. The number of carboxylic acids is 1. The fourth-order valence-electron chi connectivity index (χ4n) is 1.82. The largest absolute Gasteiger partial charge is 0.480 e. The maximum absolute atomic E-state index is 13.6. The third-order valence-electron chi connectivity index (χ3n) is 3.00. The van der Waals surface area contributed by atoms with Gasteiger partial charge in [-0.25, -0.2) is 9.18 Å². The molecule has 1 rings (SSSR count). The number of allylic oxidation sites excluding steroid dienone is 3. The van der Waals surface area contributed by atoms with Crippen LogP contribution in [-0.2, 0) is 9.59 Å². The second-order valence-electron chi connectivity index (χ2n) is 4.99. The number of halogens is 4. The molecule has 1 aliphatic rings. The Morgan fingerprint density at radius 2 is 1.95 bits per heavy atom. The number of hydrogen-bond donors (Lipinski definition) is 2. The molecule has 0 fully saturated rings. The third-order valence-corrected chi connectivity index (χ3v) is 3.00. The molecule has 2 N–H and O–H groups in total. The van der Waals surface area contributed by atoms with Crippen LogP contribution in [0.3, 0.4) is 0 Å². The van der Waals surface area contributed by atoms with Gasteiger partial charge in [-0.3, -0.25) is 4.79 Å². The monoisotopic (exact) mass is 309 g/mol. The van der Waals surface area contributed by atoms with Crippen molar-refractivity contribution in [3.63, 3.8) is 0 Å². The molecule has 4 nitrogen and oxygen atoms in total. The Bertz CT molecular complexity index is 494. The molecule has 0 aromatic rings. The summed E-state index contributed by atoms with van der Waals surface area (Å²) < 4.78 is 51.3. The van der Waals surface area contributed by atoms with Crippen LogP contribution in [0.25, 0.3) is 0 Å². The molecule has 8 heteroatoms. The van der Waals surface area contributed by atoms with E-state index in [1.807, 2.05) is 5.32 Å². The van der Waals surface area contributed by atoms with E-state index >= 15 is 0 Å². The van der Waals surface area contributed by atoms with E-state index in [2.05, 4.69) is 0 Å². The van der Waals surface area contributed by atoms with E-state index in [0.29, 0.717) is 12.2 Å². The molecule has 21 heavy (non-hydrogen) atoms. The second-order valence-corrected chi connectivity index (χ2v) is 4.99. The van der Waals surface area contributed by atoms with E-state index in [1.165, 1.54) is 13.8 Å². The minimum Gasteiger partial charge on any atom is -0.480 e. The lowest BCUT2D eigenvalue weighted by Crippen LogP contribution is -2.46. The molecule has 1 unspecified atom stereocenters. The van der Waals surface area contributed by atoms with Crippen LogP contribution < -0.4 is 5.32 Å². The van der Waals surface area contributed by atoms with E-state index in [-0.39, 0.29) is 0 Å². The lowest BCUT2D eigenvalue weighted by Gasteiger charge is -2.22. The van der Waals surface area contributed by atoms with Crippen molar-refractivity contribution < 1.29 is 32.3 Å². The quantitative estimate of drug-likeness (QED) is 0.784. The summed E-state index contributed by atoms with van der Waals surface area (Å²) in [6, 6.07) is -1.30. The van der Waals surface area contributed by atoms with Gasteiger partial charge in [0.05, 0.1) is 11.1 Å². The van der Waals surface area contributed by atoms with E-state index in [0.717, 1.165) is 0 Å². The number of carbonyl (C=O) groups is 2. The topological polar surface area (TPSA) is 66.4 Å². The summed E-state index contributed by atoms with van der Waals surface area (Å²) >= 11 is 0. The molecule has 0 saturated carbocycles. The van der Waals surface area contributed by atoms with Gasteiger partial charge in [0.1, 0.15) is 12.2 Å². The summed E-state index contributed by atoms with van der Waals surface area (Å²) in [5, 5.41) is 11.0. The number of amides is 1. The molecule has 0 aromatic carbocycles. The van der Waals surface area contributed by atoms with E-state index < -0.39 is 53.8 Å². The highest BCUT2D eigenvalue weighted by Gasteiger charge is 2.37. The Hall–Kier alpha value is -1.86. The Morgan fingerprint density at radius 1 is 1.38 bits per heavy atom. The van der Waals surface area contributed by atoms with Gasteiger partial charge in [-0.15, -0.1) is 0 Å². The first-order valence-electron chi connectivity index (χ1n) is 6.20. The lowest BCUT2D eigenvalue weighted by molar-refractivity contribution is -0.142. The van der Waals surface area contributed by atoms with Crippen LogP contribution in [0.15, 0.2) is 23.3 Å². The first-order valence-corrected chi connectivity index (χ1v) is 6.20. The van der Waals surface area contributed by atoms with Gasteiger partial charge in [0.25, 0.3) is 5.91 Å². The molecule has 0 bridgehead atoms. The van der Waals surface area contributed by atoms with Gasteiger partial charge >= 0.3 is 12.1 Å². The number of alkyl halides is 4. The van der Waals surface area contributed by atoms with Crippen molar-refractivity contribution in [2.45, 2.75) is 38.7 Å². The molecule has 0 aromatic heterocycles. The Kier molecular flexibility index (Phi) is 5.14. The maximum Gasteiger partial charge on any atom is 0.416 e. The number of rotatable bonds is 4. The van der Waals surface area contributed by atoms with Crippen molar-refractivity contribution in [2.75, 3.05) is 0 Å². The van der Waals surface area contributed by atoms with Gasteiger partial charge in [0.2, 0.25) is 0 Å². The van der Waals surface area contributed by atoms with Gasteiger partial charge in [-0.1, -0.05) is 19.9 Å². The molecule has 118 valence electrons. The van der Waals surface area contributed by atoms with E-state index in [1.54, 1.807) is 0 Å². The minimum atomic E-state index is -4.68. The molecule has 0 heterocycles. The SMILES string of the molecule is CC(C)[C@@H](NC(=O)C1=CC(C(F)(F)F)=CCC1F)C(=O)O. The number of hydrogen-bond acceptors (Lipinski definition) is 2. The molecular formula is C13H15F4NO3. The highest BCUT2D eigenvalue weighted by atomic mass is 19.4. The normalized spacial score (nSPS) is 20.6. The molecule has 0 saturated heterocycles. The zero-order valence-electron chi connectivity index (χ0n) is 11.4. The second kappa shape index (κ2) is 6.28. The van der Waals surface area contributed by atoms with Crippen molar-refractivity contribution in [3.05, 3.63) is 23.3 Å². The summed E-state index contributed by atoms with van der Waals surface area (Å²) in [6.45, 7) is 3.03. The van der Waals surface area contributed by atoms with Gasteiger partial charge < -0.3 is 10.4 Å². The predicted molar refractivity (Wildman–Crippen MR) is 66.1 cm³/mol. The van der Waals surface area contributed by atoms with Crippen LogP contribution in [0.1, 0.15) is 20.3 Å². The molecule has 1 aliphatic carbocycles. The van der Waals surface area contributed by atoms with Crippen LogP contribution >= 0.6 is 0 Å². The van der Waals surface area contributed by atoms with Crippen molar-refractivity contribution in [1.82, 2.24) is 5.32 Å². The maximum atomic E-state index is 13.6. The summed E-state index contributed by atoms with van der Waals surface area (Å²) in [6.07, 6.45) is -6.07. The molecule has 2 atom stereocenters. The Balaban J connectivity index is 2.97. The number of nitrogens with one attached hydrogen (secondary N) is 1. The van der Waals surface area contributed by atoms with Crippen LogP contribution in [0, 0.1) is 5.92 Å². The first-order chi connectivity index (χ1) is 9.54. The minimum absolute atomic E-state index is 0.419. The number of carboxylic acid groups (broad SMARTS) is 1. The van der Waals surface area contributed by atoms with E-state index in [9.17, 15) is 27.2 Å². The van der Waals surface area contributed by atoms with E-state index in [4.69, 9.17) is 5.11 Å². The lowest BCUT2D eigenvalue weighted by atomic mass is 9.95. The fraction of sp³-hybridized carbons (Fsp3) is 0.538. The fourth-order valence-corrected chi connectivity index (χ4v) is 1.82. The molecular weight excluding hydrogens is 294 g/mol. The first kappa shape index (κ1) is 17.2. The van der Waals surface area contributed by atoms with Gasteiger partial charge in [-0.05, 0) is 12.0 Å². The zero-order chi connectivity index (χ0) is 16.4. The summed E-state index contributed by atoms with van der Waals surface area (Å²) in [5.41, 5.74) is -1.82. The molecule has 0 spiro atoms. The van der Waals surface area contributed by atoms with Crippen molar-refractivity contribution >= 4 is 11.9 Å². The average Bonchev–Trinajstić information content (AvgIpc) is 2.33. The van der Waals surface area contributed by atoms with Gasteiger partial charge in [-0.2, -0.15) is 13.2 Å². The van der Waals surface area contributed by atoms with Crippen LogP contribution in [0.2, 0.25) is 0 Å². The molecule has 0 aliphatic heterocycles. The van der Waals surface area contributed by atoms with Crippen LogP contribution in [0.4, 0.5) is 17.6 Å². The number of carbonyl (C=O) groups excluding carboxylic acids is 1. The highest BCUT2D eigenvalue weighted by Crippen LogP contribution is 2.32. The van der Waals surface area contributed by atoms with Gasteiger partial charge in [0.15, 0.2) is 0 Å². The smallest absolute Gasteiger partial charge is 0.416 e. The molecule has 1 amide bonds. The van der Waals surface area contributed by atoms with Crippen LogP contribution in [0.5, 0.6) is 0 Å². The zero-order valence-corrected chi connectivity index (χ0v) is 11.4. The standard InChI is InChI=1S/C13H15F4NO3/c1-6(2)10(12(20)21)18-11(19)8-5-7(13(15,16)17)3-4-9(8)14/h3,5-6,9-10H,4H2,1-2H3,(H,18,19)(H,20,21)/t9?,10-/m1/s1. The van der Waals surface area contributed by atoms with Crippen LogP contribution in [-0.4, -0.2) is 35.4 Å². The number of aliphatic carboxylic acids is 1. The van der Waals surface area contributed by atoms with Crippen molar-refractivity contribution in [3.8, 4) is 0 Å². The predicted octanol–water partition coefficient (Wildman–Crippen LogP) is 2.37. The molecule has 0 radical (unpaired) electrons. The summed E-state index contributed by atoms with van der Waals surface area (Å²) in [4.78, 5) is 22.8. The summed E-state index contributed by atoms with van der Waals surface area (Å²) in [5.74, 6) is -2.97. The Labute approximate surface area is 118 Å². The van der Waals surface area contributed by atoms with Gasteiger partial charge in [0, 0.05) is 6.42 Å². The van der Waals surface area contributed by atoms with Crippen molar-refractivity contribution in [1.29, 1.82) is 0 Å². The third kappa shape index (κ3) is 4.30.